The summed E-state index contributed by atoms with van der Waals surface area (Å²) in [5, 5.41) is 22.7. The highest BCUT2D eigenvalue weighted by Gasteiger charge is 2.30. The van der Waals surface area contributed by atoms with Crippen LogP contribution in [0, 0.1) is 5.92 Å². The molecule has 0 aliphatic rings. The first-order valence-corrected chi connectivity index (χ1v) is 8.18. The minimum absolute atomic E-state index is 0.224. The second-order valence-corrected chi connectivity index (χ2v) is 5.84. The lowest BCUT2D eigenvalue weighted by Crippen LogP contribution is -2.57. The van der Waals surface area contributed by atoms with Crippen LogP contribution >= 0.6 is 0 Å². The van der Waals surface area contributed by atoms with Crippen molar-refractivity contribution in [2.75, 3.05) is 13.2 Å². The Balaban J connectivity index is 4.85. The molecule has 0 radical (unpaired) electrons. The molecule has 0 aliphatic heterocycles. The monoisotopic (exact) mass is 346 g/mol. The van der Waals surface area contributed by atoms with Crippen molar-refractivity contribution in [1.29, 1.82) is 0 Å². The molecule has 8 N–H and O–H groups in total. The van der Waals surface area contributed by atoms with E-state index < -0.39 is 42.5 Å². The fraction of sp³-hybridized carbons (Fsp3) is 0.800. The van der Waals surface area contributed by atoms with Crippen molar-refractivity contribution in [3.05, 3.63) is 0 Å². The van der Waals surface area contributed by atoms with Gasteiger partial charge in [0.05, 0.1) is 12.6 Å². The maximum absolute atomic E-state index is 12.3. The van der Waals surface area contributed by atoms with Crippen LogP contribution in [0.15, 0.2) is 0 Å². The van der Waals surface area contributed by atoms with Gasteiger partial charge in [-0.25, -0.2) is 4.79 Å². The van der Waals surface area contributed by atoms with Crippen molar-refractivity contribution in [2.45, 2.75) is 57.7 Å². The Kier molecular flexibility index (Phi) is 10.9. The fourth-order valence-corrected chi connectivity index (χ4v) is 2.05. The van der Waals surface area contributed by atoms with E-state index in [4.69, 9.17) is 21.7 Å². The van der Waals surface area contributed by atoms with Gasteiger partial charge in [0.25, 0.3) is 0 Å². The number of rotatable bonds is 12. The highest BCUT2D eigenvalue weighted by atomic mass is 16.4. The van der Waals surface area contributed by atoms with Crippen LogP contribution in [-0.2, 0) is 14.4 Å². The normalized spacial score (nSPS) is 15.9. The van der Waals surface area contributed by atoms with Crippen molar-refractivity contribution in [2.24, 2.45) is 17.4 Å². The van der Waals surface area contributed by atoms with Gasteiger partial charge in [-0.3, -0.25) is 9.59 Å². The molecule has 2 amide bonds. The van der Waals surface area contributed by atoms with Gasteiger partial charge in [0.1, 0.15) is 12.1 Å². The van der Waals surface area contributed by atoms with Gasteiger partial charge in [-0.15, -0.1) is 0 Å². The van der Waals surface area contributed by atoms with E-state index in [1.165, 1.54) is 0 Å². The van der Waals surface area contributed by atoms with Crippen LogP contribution in [0.2, 0.25) is 0 Å². The van der Waals surface area contributed by atoms with Gasteiger partial charge in [-0.05, 0) is 25.3 Å². The minimum Gasteiger partial charge on any atom is -0.480 e. The number of nitrogens with two attached hydrogens (primary N) is 2. The number of carboxylic acids is 1. The zero-order valence-electron chi connectivity index (χ0n) is 14.3. The van der Waals surface area contributed by atoms with Crippen LogP contribution in [-0.4, -0.2) is 59.3 Å². The summed E-state index contributed by atoms with van der Waals surface area (Å²) in [5.74, 6) is -2.70. The Hall–Kier alpha value is -1.71. The second-order valence-electron chi connectivity index (χ2n) is 5.84. The topological polar surface area (TPSA) is 168 Å². The molecule has 0 spiro atoms. The first-order chi connectivity index (χ1) is 11.3. The average Bonchev–Trinajstić information content (AvgIpc) is 2.55. The van der Waals surface area contributed by atoms with E-state index in [1.807, 2.05) is 6.92 Å². The molecule has 24 heavy (non-hydrogen) atoms. The van der Waals surface area contributed by atoms with Crippen LogP contribution in [0.3, 0.4) is 0 Å². The number of carbonyl (C=O) groups excluding carboxylic acids is 2. The van der Waals surface area contributed by atoms with Gasteiger partial charge in [0.2, 0.25) is 11.8 Å². The molecular formula is C15H30N4O5. The third-order valence-corrected chi connectivity index (χ3v) is 3.90. The summed E-state index contributed by atoms with van der Waals surface area (Å²) in [7, 11) is 0. The van der Waals surface area contributed by atoms with Crippen molar-refractivity contribution in [1.82, 2.24) is 10.6 Å². The summed E-state index contributed by atoms with van der Waals surface area (Å²) in [4.78, 5) is 35.3. The quantitative estimate of drug-likeness (QED) is 0.235. The molecule has 0 heterocycles. The van der Waals surface area contributed by atoms with Crippen LogP contribution in [0.4, 0.5) is 0 Å². The van der Waals surface area contributed by atoms with E-state index in [1.54, 1.807) is 6.92 Å². The zero-order valence-corrected chi connectivity index (χ0v) is 14.3. The Bertz CT molecular complexity index is 419. The maximum atomic E-state index is 12.3. The number of hydrogen-bond donors (Lipinski definition) is 6. The first-order valence-electron chi connectivity index (χ1n) is 8.18. The van der Waals surface area contributed by atoms with E-state index in [2.05, 4.69) is 10.6 Å². The van der Waals surface area contributed by atoms with Gasteiger partial charge < -0.3 is 32.3 Å². The van der Waals surface area contributed by atoms with E-state index in [0.29, 0.717) is 25.8 Å². The molecule has 0 saturated heterocycles. The summed E-state index contributed by atoms with van der Waals surface area (Å²) in [6.45, 7) is 3.39. The van der Waals surface area contributed by atoms with Crippen molar-refractivity contribution >= 4 is 17.8 Å². The molecule has 0 aromatic rings. The average molecular weight is 346 g/mol. The van der Waals surface area contributed by atoms with Crippen molar-refractivity contribution in [3.8, 4) is 0 Å². The lowest BCUT2D eigenvalue weighted by molar-refractivity contribution is -0.143. The van der Waals surface area contributed by atoms with Crippen LogP contribution in [0.1, 0.15) is 39.5 Å². The number of aliphatic carboxylic acids is 1. The molecule has 4 atom stereocenters. The molecule has 0 bridgehead atoms. The van der Waals surface area contributed by atoms with E-state index in [9.17, 15) is 14.4 Å². The largest absolute Gasteiger partial charge is 0.480 e. The van der Waals surface area contributed by atoms with E-state index in [0.717, 1.165) is 6.42 Å². The highest BCUT2D eigenvalue weighted by molar-refractivity contribution is 5.91. The number of carboxylic acid groups (broad SMARTS) is 1. The SMILES string of the molecule is CCC(C)C(NC(=O)C(N)CCCCN)C(=O)NC(CO)C(=O)O. The van der Waals surface area contributed by atoms with Gasteiger partial charge in [0.15, 0.2) is 0 Å². The lowest BCUT2D eigenvalue weighted by Gasteiger charge is -2.26. The number of unbranched alkanes of at least 4 members (excludes halogenated alkanes) is 1. The van der Waals surface area contributed by atoms with Gasteiger partial charge >= 0.3 is 5.97 Å². The molecule has 0 aromatic heterocycles. The number of hydrogen-bond acceptors (Lipinski definition) is 6. The molecule has 9 heteroatoms. The van der Waals surface area contributed by atoms with Gasteiger partial charge in [-0.2, -0.15) is 0 Å². The smallest absolute Gasteiger partial charge is 0.328 e. The Morgan fingerprint density at radius 2 is 1.75 bits per heavy atom. The van der Waals surface area contributed by atoms with Crippen LogP contribution < -0.4 is 22.1 Å². The Labute approximate surface area is 142 Å². The zero-order chi connectivity index (χ0) is 18.7. The summed E-state index contributed by atoms with van der Waals surface area (Å²) in [5.41, 5.74) is 11.2. The number of aliphatic hydroxyl groups excluding tert-OH is 1. The van der Waals surface area contributed by atoms with Crippen LogP contribution in [0.5, 0.6) is 0 Å². The molecule has 9 nitrogen and oxygen atoms in total. The molecule has 140 valence electrons. The molecule has 0 aromatic carbocycles. The van der Waals surface area contributed by atoms with Crippen molar-refractivity contribution < 1.29 is 24.6 Å². The highest BCUT2D eigenvalue weighted by Crippen LogP contribution is 2.09. The maximum Gasteiger partial charge on any atom is 0.328 e. The third kappa shape index (κ3) is 7.71. The van der Waals surface area contributed by atoms with E-state index in [-0.39, 0.29) is 5.92 Å². The summed E-state index contributed by atoms with van der Waals surface area (Å²) >= 11 is 0. The number of nitrogens with one attached hydrogen (secondary N) is 2. The lowest BCUT2D eigenvalue weighted by atomic mass is 9.97. The predicted octanol–water partition coefficient (Wildman–Crippen LogP) is -1.46. The molecular weight excluding hydrogens is 316 g/mol. The Morgan fingerprint density at radius 1 is 1.12 bits per heavy atom. The second kappa shape index (κ2) is 11.8. The Morgan fingerprint density at radius 3 is 2.21 bits per heavy atom. The standard InChI is InChI=1S/C15H30N4O5/c1-3-9(2)12(14(22)18-11(8-20)15(23)24)19-13(21)10(17)6-4-5-7-16/h9-12,20H,3-8,16-17H2,1-2H3,(H,18,22)(H,19,21)(H,23,24). The first kappa shape index (κ1) is 22.3. The number of amides is 2. The number of carbonyl (C=O) groups is 3. The van der Waals surface area contributed by atoms with Gasteiger partial charge in [0, 0.05) is 0 Å². The molecule has 0 rings (SSSR count). The van der Waals surface area contributed by atoms with Crippen molar-refractivity contribution in [3.63, 3.8) is 0 Å². The minimum atomic E-state index is -1.42. The summed E-state index contributed by atoms with van der Waals surface area (Å²) in [6.07, 6.45) is 2.51. The molecule has 0 fully saturated rings. The molecule has 0 aliphatic carbocycles. The molecule has 4 unspecified atom stereocenters. The van der Waals surface area contributed by atoms with E-state index >= 15 is 0 Å². The van der Waals surface area contributed by atoms with Gasteiger partial charge in [-0.1, -0.05) is 26.7 Å². The fourth-order valence-electron chi connectivity index (χ4n) is 2.05. The predicted molar refractivity (Wildman–Crippen MR) is 88.9 cm³/mol. The number of aliphatic hydroxyl groups is 1. The molecule has 0 saturated carbocycles. The summed E-state index contributed by atoms with van der Waals surface area (Å²) < 4.78 is 0. The van der Waals surface area contributed by atoms with Crippen LogP contribution in [0.25, 0.3) is 0 Å². The summed E-state index contributed by atoms with van der Waals surface area (Å²) in [6, 6.07) is -3.10. The third-order valence-electron chi connectivity index (χ3n) is 3.90.